The second-order valence-electron chi connectivity index (χ2n) is 8.82. The molecule has 1 aliphatic heterocycles. The Morgan fingerprint density at radius 2 is 2.00 bits per heavy atom. The van der Waals surface area contributed by atoms with E-state index in [0.29, 0.717) is 18.4 Å². The number of piperidine rings is 1. The summed E-state index contributed by atoms with van der Waals surface area (Å²) < 4.78 is 34.3. The number of halogens is 2. The molecule has 1 fully saturated rings. The largest absolute Gasteiger partial charge is 0.491 e. The molecule has 0 spiro atoms. The average molecular weight is 474 g/mol. The SMILES string of the molecule is CC(C)(CCCOc1ccc(F)cc1F)C(=O)NC1CCN(Sc2cccc(C#N)c2)CC1. The second kappa shape index (κ2) is 11.5. The fourth-order valence-electron chi connectivity index (χ4n) is 3.65. The predicted octanol–water partition coefficient (Wildman–Crippen LogP) is 5.31. The lowest BCUT2D eigenvalue weighted by Crippen LogP contribution is -2.47. The summed E-state index contributed by atoms with van der Waals surface area (Å²) in [6.07, 6.45) is 2.89. The van der Waals surface area contributed by atoms with Crippen LogP contribution in [0, 0.1) is 28.4 Å². The molecule has 0 radical (unpaired) electrons. The van der Waals surface area contributed by atoms with Gasteiger partial charge in [-0.05, 0) is 68.0 Å². The predicted molar refractivity (Wildman–Crippen MR) is 125 cm³/mol. The van der Waals surface area contributed by atoms with Crippen molar-refractivity contribution in [2.75, 3.05) is 19.7 Å². The van der Waals surface area contributed by atoms with Crippen molar-refractivity contribution in [1.82, 2.24) is 9.62 Å². The Morgan fingerprint density at radius 3 is 2.70 bits per heavy atom. The molecule has 1 amide bonds. The van der Waals surface area contributed by atoms with Crippen LogP contribution in [0.2, 0.25) is 0 Å². The molecule has 8 heteroatoms. The zero-order chi connectivity index (χ0) is 23.8. The fraction of sp³-hybridized carbons (Fsp3) is 0.440. The zero-order valence-corrected chi connectivity index (χ0v) is 19.8. The van der Waals surface area contributed by atoms with Crippen molar-refractivity contribution in [3.63, 3.8) is 0 Å². The number of carbonyl (C=O) groups excluding carboxylic acids is 1. The van der Waals surface area contributed by atoms with E-state index in [1.54, 1.807) is 18.0 Å². The van der Waals surface area contributed by atoms with Crippen LogP contribution in [0.1, 0.15) is 45.1 Å². The first-order valence-electron chi connectivity index (χ1n) is 11.1. The molecule has 0 aliphatic carbocycles. The highest BCUT2D eigenvalue weighted by Crippen LogP contribution is 2.28. The van der Waals surface area contributed by atoms with E-state index in [-0.39, 0.29) is 24.3 Å². The van der Waals surface area contributed by atoms with Crippen molar-refractivity contribution in [2.24, 2.45) is 5.41 Å². The van der Waals surface area contributed by atoms with Gasteiger partial charge in [-0.2, -0.15) is 5.26 Å². The Morgan fingerprint density at radius 1 is 1.24 bits per heavy atom. The van der Waals surface area contributed by atoms with E-state index in [0.717, 1.165) is 43.0 Å². The first kappa shape index (κ1) is 25.0. The number of nitriles is 1. The Kier molecular flexibility index (Phi) is 8.70. The number of ether oxygens (including phenoxy) is 1. The molecule has 3 rings (SSSR count). The first-order chi connectivity index (χ1) is 15.8. The summed E-state index contributed by atoms with van der Waals surface area (Å²) >= 11 is 1.64. The number of amides is 1. The van der Waals surface area contributed by atoms with Gasteiger partial charge in [0.25, 0.3) is 0 Å². The van der Waals surface area contributed by atoms with Gasteiger partial charge in [0.15, 0.2) is 11.6 Å². The van der Waals surface area contributed by atoms with Gasteiger partial charge in [0, 0.05) is 35.5 Å². The molecule has 0 saturated carbocycles. The van der Waals surface area contributed by atoms with Crippen molar-refractivity contribution >= 4 is 17.9 Å². The standard InChI is InChI=1S/C25H29F2N3O2S/c1-25(2,11-4-14-32-23-8-7-19(26)16-22(23)27)24(31)29-20-9-12-30(13-10-20)33-21-6-3-5-18(15-21)17-28/h3,5-8,15-16,20H,4,9-14H2,1-2H3,(H,29,31). The molecule has 2 aromatic carbocycles. The highest BCUT2D eigenvalue weighted by Gasteiger charge is 2.30. The quantitative estimate of drug-likeness (QED) is 0.395. The molecule has 0 atom stereocenters. The van der Waals surface area contributed by atoms with E-state index in [2.05, 4.69) is 15.7 Å². The molecular formula is C25H29F2N3O2S. The van der Waals surface area contributed by atoms with Gasteiger partial charge in [-0.25, -0.2) is 13.1 Å². The summed E-state index contributed by atoms with van der Waals surface area (Å²) in [5, 5.41) is 12.2. The Balaban J connectivity index is 1.38. The summed E-state index contributed by atoms with van der Waals surface area (Å²) in [5.41, 5.74) is 0.0755. The number of hydrogen-bond donors (Lipinski definition) is 1. The van der Waals surface area contributed by atoms with Gasteiger partial charge < -0.3 is 10.1 Å². The minimum atomic E-state index is -0.728. The van der Waals surface area contributed by atoms with E-state index in [1.165, 1.54) is 6.07 Å². The topological polar surface area (TPSA) is 65.4 Å². The fourth-order valence-corrected chi connectivity index (χ4v) is 4.66. The number of hydrogen-bond acceptors (Lipinski definition) is 5. The Bertz CT molecular complexity index is 1000. The molecule has 0 aromatic heterocycles. The van der Waals surface area contributed by atoms with Crippen LogP contribution in [0.4, 0.5) is 8.78 Å². The summed E-state index contributed by atoms with van der Waals surface area (Å²) in [5.74, 6) is -1.35. The molecule has 1 N–H and O–H groups in total. The molecule has 33 heavy (non-hydrogen) atoms. The molecular weight excluding hydrogens is 444 g/mol. The van der Waals surface area contributed by atoms with Crippen molar-refractivity contribution < 1.29 is 18.3 Å². The number of nitrogens with zero attached hydrogens (tertiary/aromatic N) is 2. The molecule has 5 nitrogen and oxygen atoms in total. The smallest absolute Gasteiger partial charge is 0.225 e. The lowest BCUT2D eigenvalue weighted by Gasteiger charge is -2.33. The maximum Gasteiger partial charge on any atom is 0.225 e. The summed E-state index contributed by atoms with van der Waals surface area (Å²) in [7, 11) is 0. The van der Waals surface area contributed by atoms with Crippen molar-refractivity contribution in [3.8, 4) is 11.8 Å². The normalized spacial score (nSPS) is 15.1. The van der Waals surface area contributed by atoms with Gasteiger partial charge in [0.05, 0.1) is 18.2 Å². The minimum absolute atomic E-state index is 0.00304. The van der Waals surface area contributed by atoms with E-state index in [9.17, 15) is 13.6 Å². The monoisotopic (exact) mass is 473 g/mol. The van der Waals surface area contributed by atoms with Crippen LogP contribution in [0.25, 0.3) is 0 Å². The van der Waals surface area contributed by atoms with E-state index in [4.69, 9.17) is 10.00 Å². The van der Waals surface area contributed by atoms with Gasteiger partial charge >= 0.3 is 0 Å². The van der Waals surface area contributed by atoms with Crippen molar-refractivity contribution in [2.45, 2.75) is 50.5 Å². The third-order valence-electron chi connectivity index (χ3n) is 5.70. The Hall–Kier alpha value is -2.63. The van der Waals surface area contributed by atoms with E-state index in [1.807, 2.05) is 32.0 Å². The van der Waals surface area contributed by atoms with Gasteiger partial charge in [-0.15, -0.1) is 0 Å². The van der Waals surface area contributed by atoms with Crippen molar-refractivity contribution in [3.05, 3.63) is 59.7 Å². The van der Waals surface area contributed by atoms with Gasteiger partial charge in [-0.1, -0.05) is 19.9 Å². The number of benzene rings is 2. The number of nitrogens with one attached hydrogen (secondary N) is 1. The molecule has 0 bridgehead atoms. The van der Waals surface area contributed by atoms with Gasteiger partial charge in [0.2, 0.25) is 5.91 Å². The van der Waals surface area contributed by atoms with Crippen molar-refractivity contribution in [1.29, 1.82) is 5.26 Å². The average Bonchev–Trinajstić information content (AvgIpc) is 2.79. The highest BCUT2D eigenvalue weighted by atomic mass is 32.2. The molecule has 0 unspecified atom stereocenters. The maximum atomic E-state index is 13.6. The number of carbonyl (C=O) groups is 1. The van der Waals surface area contributed by atoms with Crippen LogP contribution in [-0.2, 0) is 4.79 Å². The first-order valence-corrected chi connectivity index (χ1v) is 11.9. The zero-order valence-electron chi connectivity index (χ0n) is 18.9. The summed E-state index contributed by atoms with van der Waals surface area (Å²) in [4.78, 5) is 13.9. The van der Waals surface area contributed by atoms with E-state index >= 15 is 0 Å². The van der Waals surface area contributed by atoms with Gasteiger partial charge in [-0.3, -0.25) is 4.79 Å². The minimum Gasteiger partial charge on any atom is -0.491 e. The molecule has 2 aromatic rings. The lowest BCUT2D eigenvalue weighted by atomic mass is 9.86. The molecule has 176 valence electrons. The summed E-state index contributed by atoms with van der Waals surface area (Å²) in [6.45, 7) is 5.75. The summed E-state index contributed by atoms with van der Waals surface area (Å²) in [6, 6.07) is 13.1. The van der Waals surface area contributed by atoms with E-state index < -0.39 is 17.0 Å². The van der Waals surface area contributed by atoms with Crippen LogP contribution < -0.4 is 10.1 Å². The van der Waals surface area contributed by atoms with Gasteiger partial charge in [0.1, 0.15) is 5.82 Å². The van der Waals surface area contributed by atoms with Crippen LogP contribution >= 0.6 is 11.9 Å². The van der Waals surface area contributed by atoms with Crippen LogP contribution in [-0.4, -0.2) is 36.0 Å². The Labute approximate surface area is 198 Å². The second-order valence-corrected chi connectivity index (χ2v) is 9.99. The van der Waals surface area contributed by atoms with Crippen LogP contribution in [0.5, 0.6) is 5.75 Å². The molecule has 1 aliphatic rings. The maximum absolute atomic E-state index is 13.6. The third-order valence-corrected chi connectivity index (χ3v) is 6.79. The number of rotatable bonds is 9. The van der Waals surface area contributed by atoms with Crippen LogP contribution in [0.3, 0.4) is 0 Å². The molecule has 1 saturated heterocycles. The highest BCUT2D eigenvalue weighted by molar-refractivity contribution is 7.97. The third kappa shape index (κ3) is 7.44. The lowest BCUT2D eigenvalue weighted by molar-refractivity contribution is -0.130. The van der Waals surface area contributed by atoms with Crippen LogP contribution in [0.15, 0.2) is 47.4 Å². The molecule has 1 heterocycles.